The smallest absolute Gasteiger partial charge is 0.244 e. The van der Waals surface area contributed by atoms with Gasteiger partial charge in [0.2, 0.25) is 5.91 Å². The summed E-state index contributed by atoms with van der Waals surface area (Å²) in [7, 11) is 0. The Morgan fingerprint density at radius 1 is 1.12 bits per heavy atom. The maximum atomic E-state index is 12.1. The zero-order chi connectivity index (χ0) is 18.5. The van der Waals surface area contributed by atoms with Crippen molar-refractivity contribution in [3.8, 4) is 11.5 Å². The monoisotopic (exact) mass is 350 g/mol. The quantitative estimate of drug-likeness (QED) is 0.387. The van der Waals surface area contributed by atoms with E-state index in [-0.39, 0.29) is 29.6 Å². The highest BCUT2D eigenvalue weighted by atomic mass is 16.3. The number of aliphatic hydroxyl groups is 1. The number of nitrogens with one attached hydrogen (secondary N) is 1. The number of hydrogen-bond acceptors (Lipinski definition) is 5. The van der Waals surface area contributed by atoms with E-state index in [0.717, 1.165) is 11.1 Å². The zero-order valence-electron chi connectivity index (χ0n) is 13.9. The summed E-state index contributed by atoms with van der Waals surface area (Å²) in [6.07, 6.45) is 5.47. The molecule has 6 nitrogen and oxygen atoms in total. The first-order valence-electron chi connectivity index (χ1n) is 8.05. The molecule has 0 saturated carbocycles. The van der Waals surface area contributed by atoms with Gasteiger partial charge in [-0.1, -0.05) is 30.3 Å². The number of rotatable bonds is 4. The van der Waals surface area contributed by atoms with Gasteiger partial charge < -0.3 is 15.3 Å². The Hall–Kier alpha value is -3.54. The van der Waals surface area contributed by atoms with Crippen LogP contribution in [0.4, 0.5) is 0 Å². The van der Waals surface area contributed by atoms with Crippen LogP contribution < -0.4 is 5.43 Å². The SMILES string of the molecule is O=C(CC1=CCc2ccccc2C=C1O)N/N=C/c1ccc(O)c(O)c1. The van der Waals surface area contributed by atoms with Gasteiger partial charge in [0.25, 0.3) is 0 Å². The summed E-state index contributed by atoms with van der Waals surface area (Å²) in [6, 6.07) is 11.9. The molecule has 0 spiro atoms. The number of allylic oxidation sites excluding steroid dienone is 2. The molecule has 1 aliphatic rings. The Labute approximate surface area is 150 Å². The lowest BCUT2D eigenvalue weighted by Gasteiger charge is -2.04. The highest BCUT2D eigenvalue weighted by Crippen LogP contribution is 2.24. The minimum atomic E-state index is -0.374. The number of nitrogens with zero attached hydrogens (tertiary/aromatic N) is 1. The molecule has 0 radical (unpaired) electrons. The lowest BCUT2D eigenvalue weighted by molar-refractivity contribution is -0.120. The van der Waals surface area contributed by atoms with E-state index in [2.05, 4.69) is 10.5 Å². The van der Waals surface area contributed by atoms with E-state index in [1.807, 2.05) is 30.3 Å². The lowest BCUT2D eigenvalue weighted by Crippen LogP contribution is -2.18. The van der Waals surface area contributed by atoms with Gasteiger partial charge in [0.05, 0.1) is 12.6 Å². The number of phenols is 2. The second-order valence-corrected chi connectivity index (χ2v) is 5.88. The topological polar surface area (TPSA) is 102 Å². The Kier molecular flexibility index (Phi) is 5.03. The molecular formula is C20H18N2O4. The van der Waals surface area contributed by atoms with Crippen molar-refractivity contribution in [3.05, 3.63) is 76.6 Å². The van der Waals surface area contributed by atoms with Gasteiger partial charge in [-0.25, -0.2) is 5.43 Å². The average Bonchev–Trinajstić information content (AvgIpc) is 2.77. The van der Waals surface area contributed by atoms with Gasteiger partial charge in [0.1, 0.15) is 5.76 Å². The summed E-state index contributed by atoms with van der Waals surface area (Å²) < 4.78 is 0. The predicted molar refractivity (Wildman–Crippen MR) is 99.0 cm³/mol. The third-order valence-corrected chi connectivity index (χ3v) is 4.00. The van der Waals surface area contributed by atoms with Crippen molar-refractivity contribution >= 4 is 18.2 Å². The fourth-order valence-corrected chi connectivity index (χ4v) is 2.61. The van der Waals surface area contributed by atoms with E-state index in [4.69, 9.17) is 0 Å². The molecule has 6 heteroatoms. The van der Waals surface area contributed by atoms with Gasteiger partial charge in [0, 0.05) is 0 Å². The number of aliphatic hydroxyl groups excluding tert-OH is 1. The second-order valence-electron chi connectivity index (χ2n) is 5.88. The van der Waals surface area contributed by atoms with Crippen LogP contribution in [0.5, 0.6) is 11.5 Å². The minimum absolute atomic E-state index is 0.00547. The van der Waals surface area contributed by atoms with Crippen LogP contribution in [0.1, 0.15) is 23.1 Å². The van der Waals surface area contributed by atoms with Crippen LogP contribution in [0, 0.1) is 0 Å². The molecule has 2 aromatic carbocycles. The van der Waals surface area contributed by atoms with Crippen LogP contribution >= 0.6 is 0 Å². The van der Waals surface area contributed by atoms with Crippen molar-refractivity contribution in [2.75, 3.05) is 0 Å². The van der Waals surface area contributed by atoms with Gasteiger partial charge in [-0.15, -0.1) is 0 Å². The normalized spacial score (nSPS) is 13.5. The van der Waals surface area contributed by atoms with Gasteiger partial charge in [-0.05, 0) is 53.0 Å². The molecule has 1 aliphatic carbocycles. The molecule has 3 rings (SSSR count). The first-order valence-corrected chi connectivity index (χ1v) is 8.05. The third kappa shape index (κ3) is 4.10. The van der Waals surface area contributed by atoms with Gasteiger partial charge in [0.15, 0.2) is 11.5 Å². The van der Waals surface area contributed by atoms with E-state index in [0.29, 0.717) is 17.6 Å². The Morgan fingerprint density at radius 2 is 1.92 bits per heavy atom. The molecule has 0 aromatic heterocycles. The number of hydrazone groups is 1. The molecule has 2 aromatic rings. The van der Waals surface area contributed by atoms with Crippen molar-refractivity contribution in [1.29, 1.82) is 0 Å². The minimum Gasteiger partial charge on any atom is -0.508 e. The molecule has 132 valence electrons. The van der Waals surface area contributed by atoms with E-state index < -0.39 is 0 Å². The summed E-state index contributed by atoms with van der Waals surface area (Å²) in [5.74, 6) is -0.799. The summed E-state index contributed by atoms with van der Waals surface area (Å²) in [5, 5.41) is 32.7. The largest absolute Gasteiger partial charge is 0.508 e. The van der Waals surface area contributed by atoms with Crippen LogP contribution in [0.3, 0.4) is 0 Å². The number of benzene rings is 2. The zero-order valence-corrected chi connectivity index (χ0v) is 13.9. The van der Waals surface area contributed by atoms with E-state index in [1.54, 1.807) is 12.1 Å². The highest BCUT2D eigenvalue weighted by molar-refractivity contribution is 5.84. The van der Waals surface area contributed by atoms with E-state index in [1.165, 1.54) is 18.3 Å². The maximum absolute atomic E-state index is 12.1. The number of phenolic OH excluding ortho intramolecular Hbond substituents is 2. The van der Waals surface area contributed by atoms with Crippen LogP contribution in [0.25, 0.3) is 6.08 Å². The Morgan fingerprint density at radius 3 is 2.73 bits per heavy atom. The molecule has 0 saturated heterocycles. The molecule has 0 aliphatic heterocycles. The number of hydrogen-bond donors (Lipinski definition) is 4. The first kappa shape index (κ1) is 17.3. The van der Waals surface area contributed by atoms with E-state index in [9.17, 15) is 20.1 Å². The van der Waals surface area contributed by atoms with Crippen LogP contribution in [-0.4, -0.2) is 27.4 Å². The van der Waals surface area contributed by atoms with Crippen LogP contribution in [0.2, 0.25) is 0 Å². The fraction of sp³-hybridized carbons (Fsp3) is 0.100. The number of fused-ring (bicyclic) bond motifs is 1. The van der Waals surface area contributed by atoms with Crippen molar-refractivity contribution < 1.29 is 20.1 Å². The Bertz CT molecular complexity index is 929. The number of carbonyl (C=O) groups is 1. The summed E-state index contributed by atoms with van der Waals surface area (Å²) in [4.78, 5) is 12.1. The third-order valence-electron chi connectivity index (χ3n) is 4.00. The van der Waals surface area contributed by atoms with Crippen LogP contribution in [-0.2, 0) is 11.2 Å². The van der Waals surface area contributed by atoms with E-state index >= 15 is 0 Å². The number of carbonyl (C=O) groups excluding carboxylic acids is 1. The molecule has 0 bridgehead atoms. The number of amides is 1. The number of aromatic hydroxyl groups is 2. The molecule has 0 atom stereocenters. The molecule has 4 N–H and O–H groups in total. The molecule has 0 heterocycles. The van der Waals surface area contributed by atoms with Crippen molar-refractivity contribution in [3.63, 3.8) is 0 Å². The summed E-state index contributed by atoms with van der Waals surface area (Å²) >= 11 is 0. The molecular weight excluding hydrogens is 332 g/mol. The van der Waals surface area contributed by atoms with Crippen molar-refractivity contribution in [2.45, 2.75) is 12.8 Å². The standard InChI is InChI=1S/C20H18N2O4/c23-17-8-5-13(9-19(17)25)12-21-22-20(26)11-16-7-6-14-3-1-2-4-15(14)10-18(16)24/h1-5,7-10,12,23-25H,6,11H2,(H,22,26)/b21-12+. The Balaban J connectivity index is 1.62. The maximum Gasteiger partial charge on any atom is 0.244 e. The fourth-order valence-electron chi connectivity index (χ4n) is 2.61. The van der Waals surface area contributed by atoms with Gasteiger partial charge in [-0.2, -0.15) is 5.10 Å². The molecule has 0 fully saturated rings. The molecule has 26 heavy (non-hydrogen) atoms. The molecule has 1 amide bonds. The van der Waals surface area contributed by atoms with Crippen molar-refractivity contribution in [1.82, 2.24) is 5.43 Å². The lowest BCUT2D eigenvalue weighted by atomic mass is 10.1. The van der Waals surface area contributed by atoms with Crippen molar-refractivity contribution in [2.24, 2.45) is 5.10 Å². The summed E-state index contributed by atoms with van der Waals surface area (Å²) in [6.45, 7) is 0. The van der Waals surface area contributed by atoms with Gasteiger partial charge in [-0.3, -0.25) is 4.79 Å². The van der Waals surface area contributed by atoms with Crippen LogP contribution in [0.15, 0.2) is 65.0 Å². The molecule has 0 unspecified atom stereocenters. The second kappa shape index (κ2) is 7.57. The highest BCUT2D eigenvalue weighted by Gasteiger charge is 2.13. The van der Waals surface area contributed by atoms with Gasteiger partial charge >= 0.3 is 0 Å². The average molecular weight is 350 g/mol. The predicted octanol–water partition coefficient (Wildman–Crippen LogP) is 3.02. The first-order chi connectivity index (χ1) is 12.5. The summed E-state index contributed by atoms with van der Waals surface area (Å²) in [5.41, 5.74) is 5.46.